The fourth-order valence-corrected chi connectivity index (χ4v) is 0.991. The molecule has 0 radical (unpaired) electrons. The standard InChI is InChI=1S/C7H10O4/c1-2-5-7(10)4(8)3-6(9)11-5/h1,4-10H,3H2/t4-,5-,6+,7+/m1/s1. The zero-order valence-corrected chi connectivity index (χ0v) is 5.84. The van der Waals surface area contributed by atoms with Crippen LogP contribution in [0.4, 0.5) is 0 Å². The highest BCUT2D eigenvalue weighted by Crippen LogP contribution is 2.17. The smallest absolute Gasteiger partial charge is 0.158 e. The molecule has 4 heteroatoms. The van der Waals surface area contributed by atoms with Crippen LogP contribution < -0.4 is 0 Å². The monoisotopic (exact) mass is 158 g/mol. The zero-order chi connectivity index (χ0) is 8.43. The van der Waals surface area contributed by atoms with Crippen LogP contribution in [-0.2, 0) is 4.74 Å². The maximum absolute atomic E-state index is 9.13. The van der Waals surface area contributed by atoms with Crippen molar-refractivity contribution in [2.24, 2.45) is 0 Å². The van der Waals surface area contributed by atoms with Gasteiger partial charge in [-0.3, -0.25) is 0 Å². The zero-order valence-electron chi connectivity index (χ0n) is 5.84. The third-order valence-electron chi connectivity index (χ3n) is 1.62. The van der Waals surface area contributed by atoms with E-state index in [0.717, 1.165) is 0 Å². The Kier molecular flexibility index (Phi) is 2.47. The topological polar surface area (TPSA) is 69.9 Å². The highest BCUT2D eigenvalue weighted by molar-refractivity contribution is 5.02. The second-order valence-electron chi connectivity index (χ2n) is 2.47. The van der Waals surface area contributed by atoms with Gasteiger partial charge in [0, 0.05) is 6.42 Å². The SMILES string of the molecule is C#C[C@H]1O[C@H](O)C[C@@H](O)[C@@H]1O. The summed E-state index contributed by atoms with van der Waals surface area (Å²) < 4.78 is 4.73. The van der Waals surface area contributed by atoms with Gasteiger partial charge in [0.25, 0.3) is 0 Å². The van der Waals surface area contributed by atoms with E-state index >= 15 is 0 Å². The molecule has 0 aliphatic carbocycles. The molecular formula is C7H10O4. The van der Waals surface area contributed by atoms with Crippen molar-refractivity contribution in [3.63, 3.8) is 0 Å². The van der Waals surface area contributed by atoms with Crippen LogP contribution in [0.1, 0.15) is 6.42 Å². The maximum atomic E-state index is 9.13. The quantitative estimate of drug-likeness (QED) is 0.373. The van der Waals surface area contributed by atoms with Gasteiger partial charge in [0.2, 0.25) is 0 Å². The lowest BCUT2D eigenvalue weighted by Crippen LogP contribution is -2.47. The van der Waals surface area contributed by atoms with Gasteiger partial charge in [-0.15, -0.1) is 6.42 Å². The van der Waals surface area contributed by atoms with Crippen LogP contribution in [0.2, 0.25) is 0 Å². The molecule has 11 heavy (non-hydrogen) atoms. The van der Waals surface area contributed by atoms with Crippen LogP contribution in [0.15, 0.2) is 0 Å². The molecule has 1 saturated heterocycles. The maximum Gasteiger partial charge on any atom is 0.158 e. The third kappa shape index (κ3) is 1.70. The number of aliphatic hydroxyl groups is 3. The first-order chi connectivity index (χ1) is 5.15. The number of ether oxygens (including phenoxy) is 1. The molecule has 1 fully saturated rings. The Morgan fingerprint density at radius 3 is 2.55 bits per heavy atom. The van der Waals surface area contributed by atoms with Crippen molar-refractivity contribution >= 4 is 0 Å². The van der Waals surface area contributed by atoms with Gasteiger partial charge >= 0.3 is 0 Å². The molecular weight excluding hydrogens is 148 g/mol. The Balaban J connectivity index is 2.60. The van der Waals surface area contributed by atoms with Gasteiger partial charge in [0.1, 0.15) is 12.2 Å². The minimum atomic E-state index is -1.09. The molecule has 0 saturated carbocycles. The van der Waals surface area contributed by atoms with E-state index in [2.05, 4.69) is 5.92 Å². The van der Waals surface area contributed by atoms with Crippen molar-refractivity contribution in [2.45, 2.75) is 31.0 Å². The Morgan fingerprint density at radius 2 is 2.00 bits per heavy atom. The first-order valence-electron chi connectivity index (χ1n) is 3.31. The molecule has 4 atom stereocenters. The predicted octanol–water partition coefficient (Wildman–Crippen LogP) is -1.55. The van der Waals surface area contributed by atoms with Gasteiger partial charge in [-0.25, -0.2) is 0 Å². The van der Waals surface area contributed by atoms with Crippen molar-refractivity contribution < 1.29 is 20.1 Å². The second kappa shape index (κ2) is 3.20. The van der Waals surface area contributed by atoms with E-state index in [9.17, 15) is 0 Å². The van der Waals surface area contributed by atoms with E-state index in [-0.39, 0.29) is 6.42 Å². The number of aliphatic hydroxyl groups excluding tert-OH is 3. The molecule has 3 N–H and O–H groups in total. The van der Waals surface area contributed by atoms with Crippen molar-refractivity contribution in [2.75, 3.05) is 0 Å². The van der Waals surface area contributed by atoms with E-state index < -0.39 is 24.6 Å². The molecule has 0 unspecified atom stereocenters. The van der Waals surface area contributed by atoms with Crippen molar-refractivity contribution in [3.05, 3.63) is 0 Å². The molecule has 4 nitrogen and oxygen atoms in total. The summed E-state index contributed by atoms with van der Waals surface area (Å²) in [4.78, 5) is 0. The Labute approximate surface area is 64.4 Å². The second-order valence-corrected chi connectivity index (χ2v) is 2.47. The summed E-state index contributed by atoms with van der Waals surface area (Å²) in [5, 5.41) is 27.1. The van der Waals surface area contributed by atoms with Gasteiger partial charge in [-0.2, -0.15) is 0 Å². The molecule has 0 aromatic heterocycles. The minimum absolute atomic E-state index is 0.000648. The summed E-state index contributed by atoms with van der Waals surface area (Å²) in [6, 6.07) is 0. The van der Waals surface area contributed by atoms with Crippen LogP contribution in [0.3, 0.4) is 0 Å². The largest absolute Gasteiger partial charge is 0.390 e. The van der Waals surface area contributed by atoms with Crippen LogP contribution >= 0.6 is 0 Å². The number of terminal acetylenes is 1. The van der Waals surface area contributed by atoms with Crippen LogP contribution in [0, 0.1) is 12.3 Å². The summed E-state index contributed by atoms with van der Waals surface area (Å²) in [5.41, 5.74) is 0. The van der Waals surface area contributed by atoms with Crippen molar-refractivity contribution in [3.8, 4) is 12.3 Å². The Morgan fingerprint density at radius 1 is 1.36 bits per heavy atom. The molecule has 1 aliphatic heterocycles. The van der Waals surface area contributed by atoms with Crippen LogP contribution in [0.5, 0.6) is 0 Å². The normalized spacial score (nSPS) is 44.9. The summed E-state index contributed by atoms with van der Waals surface area (Å²) in [6.45, 7) is 0. The first-order valence-corrected chi connectivity index (χ1v) is 3.31. The molecule has 0 aromatic rings. The summed E-state index contributed by atoms with van der Waals surface area (Å²) >= 11 is 0. The number of rotatable bonds is 0. The Hall–Kier alpha value is -0.600. The predicted molar refractivity (Wildman–Crippen MR) is 36.3 cm³/mol. The number of hydrogen-bond donors (Lipinski definition) is 3. The van der Waals surface area contributed by atoms with Gasteiger partial charge in [-0.1, -0.05) is 5.92 Å². The average Bonchev–Trinajstić information content (AvgIpc) is 1.96. The third-order valence-corrected chi connectivity index (χ3v) is 1.62. The summed E-state index contributed by atoms with van der Waals surface area (Å²) in [7, 11) is 0. The fraction of sp³-hybridized carbons (Fsp3) is 0.714. The van der Waals surface area contributed by atoms with Crippen LogP contribution in [-0.4, -0.2) is 39.9 Å². The molecule has 0 aromatic carbocycles. The van der Waals surface area contributed by atoms with Gasteiger partial charge in [0.05, 0.1) is 6.10 Å². The minimum Gasteiger partial charge on any atom is -0.390 e. The molecule has 0 spiro atoms. The Bertz CT molecular complexity index is 174. The van der Waals surface area contributed by atoms with Crippen LogP contribution in [0.25, 0.3) is 0 Å². The first kappa shape index (κ1) is 8.50. The number of hydrogen-bond acceptors (Lipinski definition) is 4. The molecule has 1 aliphatic rings. The van der Waals surface area contributed by atoms with E-state index in [1.807, 2.05) is 0 Å². The molecule has 1 heterocycles. The van der Waals surface area contributed by atoms with Crippen molar-refractivity contribution in [1.82, 2.24) is 0 Å². The lowest BCUT2D eigenvalue weighted by molar-refractivity contribution is -0.215. The molecule has 0 bridgehead atoms. The van der Waals surface area contributed by atoms with E-state index in [1.165, 1.54) is 0 Å². The van der Waals surface area contributed by atoms with Gasteiger partial charge < -0.3 is 20.1 Å². The van der Waals surface area contributed by atoms with Gasteiger partial charge in [0.15, 0.2) is 6.29 Å². The van der Waals surface area contributed by atoms with Crippen molar-refractivity contribution in [1.29, 1.82) is 0 Å². The lowest BCUT2D eigenvalue weighted by atomic mass is 10.0. The molecule has 0 amide bonds. The van der Waals surface area contributed by atoms with E-state index in [4.69, 9.17) is 26.5 Å². The molecule has 62 valence electrons. The highest BCUT2D eigenvalue weighted by Gasteiger charge is 2.34. The van der Waals surface area contributed by atoms with E-state index in [1.54, 1.807) is 0 Å². The fourth-order valence-electron chi connectivity index (χ4n) is 0.991. The van der Waals surface area contributed by atoms with E-state index in [0.29, 0.717) is 0 Å². The summed E-state index contributed by atoms with van der Waals surface area (Å²) in [6.07, 6.45) is 0.883. The lowest BCUT2D eigenvalue weighted by Gasteiger charge is -2.31. The highest BCUT2D eigenvalue weighted by atomic mass is 16.6. The average molecular weight is 158 g/mol. The van der Waals surface area contributed by atoms with Gasteiger partial charge in [-0.05, 0) is 0 Å². The molecule has 1 rings (SSSR count). The summed E-state index contributed by atoms with van der Waals surface area (Å²) in [5.74, 6) is 2.12.